The van der Waals surface area contributed by atoms with Crippen molar-refractivity contribution < 1.29 is 23.1 Å². The Balaban J connectivity index is 3.22. The summed E-state index contributed by atoms with van der Waals surface area (Å²) < 4.78 is 37.6. The van der Waals surface area contributed by atoms with Crippen molar-refractivity contribution in [3.8, 4) is 0 Å². The molecular formula is C6H3F3O2S. The van der Waals surface area contributed by atoms with Gasteiger partial charge in [-0.15, -0.1) is 0 Å². The molecule has 1 atom stereocenters. The zero-order chi connectivity index (χ0) is 9.46. The van der Waals surface area contributed by atoms with E-state index in [1.807, 2.05) is 0 Å². The normalized spacial score (nSPS) is 23.8. The standard InChI is InChI=1S/C6H3F3O2S/c7-2-1(6(10)11)3(8)5(12)4(2)9/h5,12H,(H,10,11). The molecule has 1 unspecified atom stereocenters. The smallest absolute Gasteiger partial charge is 0.341 e. The van der Waals surface area contributed by atoms with Crippen molar-refractivity contribution in [2.45, 2.75) is 5.25 Å². The Bertz CT molecular complexity index is 308. The number of rotatable bonds is 1. The molecule has 0 aromatic heterocycles. The van der Waals surface area contributed by atoms with Gasteiger partial charge in [0.05, 0.1) is 0 Å². The first-order valence-corrected chi connectivity index (χ1v) is 3.35. The molecule has 66 valence electrons. The number of carboxylic acids is 1. The zero-order valence-corrected chi connectivity index (χ0v) is 6.41. The maximum atomic E-state index is 12.6. The zero-order valence-electron chi connectivity index (χ0n) is 5.51. The Kier molecular flexibility index (Phi) is 2.18. The fourth-order valence-electron chi connectivity index (χ4n) is 0.788. The molecule has 0 saturated heterocycles. The molecule has 2 nitrogen and oxygen atoms in total. The number of carbonyl (C=O) groups is 1. The minimum Gasteiger partial charge on any atom is -0.477 e. The summed E-state index contributed by atoms with van der Waals surface area (Å²) in [6.07, 6.45) is 0. The molecule has 1 N–H and O–H groups in total. The topological polar surface area (TPSA) is 37.3 Å². The van der Waals surface area contributed by atoms with Crippen molar-refractivity contribution in [1.29, 1.82) is 0 Å². The van der Waals surface area contributed by atoms with Gasteiger partial charge < -0.3 is 5.11 Å². The third-order valence-electron chi connectivity index (χ3n) is 1.36. The van der Waals surface area contributed by atoms with Gasteiger partial charge in [0.2, 0.25) is 0 Å². The Morgan fingerprint density at radius 2 is 1.83 bits per heavy atom. The predicted octanol–water partition coefficient (Wildman–Crippen LogP) is 1.76. The second-order valence-corrected chi connectivity index (χ2v) is 2.61. The van der Waals surface area contributed by atoms with E-state index >= 15 is 0 Å². The van der Waals surface area contributed by atoms with Crippen LogP contribution < -0.4 is 0 Å². The first-order chi connectivity index (χ1) is 5.46. The lowest BCUT2D eigenvalue weighted by Gasteiger charge is -1.96. The lowest BCUT2D eigenvalue weighted by atomic mass is 10.3. The maximum Gasteiger partial charge on any atom is 0.341 e. The monoisotopic (exact) mass is 196 g/mol. The van der Waals surface area contributed by atoms with Gasteiger partial charge in [-0.05, 0) is 0 Å². The largest absolute Gasteiger partial charge is 0.477 e. The van der Waals surface area contributed by atoms with Crippen LogP contribution in [0.15, 0.2) is 23.1 Å². The van der Waals surface area contributed by atoms with E-state index in [0.717, 1.165) is 0 Å². The van der Waals surface area contributed by atoms with Crippen LogP contribution in [0, 0.1) is 0 Å². The van der Waals surface area contributed by atoms with Crippen LogP contribution in [0.5, 0.6) is 0 Å². The summed E-state index contributed by atoms with van der Waals surface area (Å²) in [6, 6.07) is 0. The Morgan fingerprint density at radius 1 is 1.33 bits per heavy atom. The van der Waals surface area contributed by atoms with Gasteiger partial charge >= 0.3 is 5.97 Å². The highest BCUT2D eigenvalue weighted by molar-refractivity contribution is 7.81. The highest BCUT2D eigenvalue weighted by atomic mass is 32.1. The van der Waals surface area contributed by atoms with E-state index < -0.39 is 34.3 Å². The maximum absolute atomic E-state index is 12.6. The first-order valence-electron chi connectivity index (χ1n) is 2.83. The number of halogens is 3. The summed E-state index contributed by atoms with van der Waals surface area (Å²) in [6.45, 7) is 0. The number of aliphatic carboxylic acids is 1. The quantitative estimate of drug-likeness (QED) is 0.627. The molecule has 0 aromatic rings. The molecular weight excluding hydrogens is 193 g/mol. The van der Waals surface area contributed by atoms with E-state index in [2.05, 4.69) is 12.6 Å². The fourth-order valence-corrected chi connectivity index (χ4v) is 1.03. The van der Waals surface area contributed by atoms with E-state index in [1.165, 1.54) is 0 Å². The van der Waals surface area contributed by atoms with Crippen molar-refractivity contribution in [2.24, 2.45) is 0 Å². The first kappa shape index (κ1) is 9.18. The van der Waals surface area contributed by atoms with Crippen LogP contribution in [0.3, 0.4) is 0 Å². The third kappa shape index (κ3) is 1.12. The van der Waals surface area contributed by atoms with E-state index in [4.69, 9.17) is 5.11 Å². The van der Waals surface area contributed by atoms with Gasteiger partial charge in [0.25, 0.3) is 0 Å². The van der Waals surface area contributed by atoms with Gasteiger partial charge in [0.1, 0.15) is 16.6 Å². The number of thiol groups is 1. The lowest BCUT2D eigenvalue weighted by molar-refractivity contribution is -0.132. The third-order valence-corrected chi connectivity index (χ3v) is 1.82. The van der Waals surface area contributed by atoms with Crippen molar-refractivity contribution in [3.63, 3.8) is 0 Å². The van der Waals surface area contributed by atoms with Gasteiger partial charge in [-0.3, -0.25) is 0 Å². The molecule has 0 bridgehead atoms. The molecule has 0 aromatic carbocycles. The summed E-state index contributed by atoms with van der Waals surface area (Å²) in [7, 11) is 0. The van der Waals surface area contributed by atoms with E-state index in [0.29, 0.717) is 0 Å². The van der Waals surface area contributed by atoms with Crippen LogP contribution in [0.2, 0.25) is 0 Å². The number of hydrogen-bond donors (Lipinski definition) is 2. The van der Waals surface area contributed by atoms with Crippen LogP contribution in [-0.2, 0) is 4.79 Å². The fraction of sp³-hybridized carbons (Fsp3) is 0.167. The molecule has 0 aliphatic heterocycles. The van der Waals surface area contributed by atoms with Crippen LogP contribution in [0.25, 0.3) is 0 Å². The molecule has 1 aliphatic rings. The average molecular weight is 196 g/mol. The van der Waals surface area contributed by atoms with E-state index in [9.17, 15) is 18.0 Å². The van der Waals surface area contributed by atoms with E-state index in [1.54, 1.807) is 0 Å². The van der Waals surface area contributed by atoms with Gasteiger partial charge in [-0.2, -0.15) is 12.6 Å². The Labute approximate surface area is 70.8 Å². The second kappa shape index (κ2) is 2.85. The molecule has 0 spiro atoms. The van der Waals surface area contributed by atoms with Crippen molar-refractivity contribution >= 4 is 18.6 Å². The van der Waals surface area contributed by atoms with E-state index in [-0.39, 0.29) is 0 Å². The summed E-state index contributed by atoms with van der Waals surface area (Å²) in [5.74, 6) is -6.41. The summed E-state index contributed by atoms with van der Waals surface area (Å²) in [4.78, 5) is 10.1. The van der Waals surface area contributed by atoms with Crippen LogP contribution in [0.1, 0.15) is 0 Å². The molecule has 1 rings (SSSR count). The average Bonchev–Trinajstić information content (AvgIpc) is 2.16. The van der Waals surface area contributed by atoms with Gasteiger partial charge in [0.15, 0.2) is 11.7 Å². The minimum absolute atomic E-state index is 1.27. The molecule has 0 amide bonds. The molecule has 0 fully saturated rings. The second-order valence-electron chi connectivity index (χ2n) is 2.09. The Morgan fingerprint density at radius 3 is 2.00 bits per heavy atom. The minimum atomic E-state index is -1.84. The molecule has 6 heteroatoms. The Hall–Kier alpha value is -0.910. The molecule has 0 radical (unpaired) electrons. The molecule has 1 aliphatic carbocycles. The van der Waals surface area contributed by atoms with Crippen molar-refractivity contribution in [2.75, 3.05) is 0 Å². The highest BCUT2D eigenvalue weighted by Gasteiger charge is 2.37. The molecule has 12 heavy (non-hydrogen) atoms. The van der Waals surface area contributed by atoms with Crippen LogP contribution in [0.4, 0.5) is 13.2 Å². The van der Waals surface area contributed by atoms with Crippen molar-refractivity contribution in [3.05, 3.63) is 23.1 Å². The highest BCUT2D eigenvalue weighted by Crippen LogP contribution is 2.38. The summed E-state index contributed by atoms with van der Waals surface area (Å²) in [5.41, 5.74) is -1.27. The SMILES string of the molecule is O=C(O)C1=C(F)C(S)C(F)=C1F. The molecule has 0 saturated carbocycles. The molecule has 0 heterocycles. The van der Waals surface area contributed by atoms with Gasteiger partial charge in [-0.1, -0.05) is 0 Å². The number of carboxylic acid groups (broad SMARTS) is 1. The lowest BCUT2D eigenvalue weighted by Crippen LogP contribution is -2.02. The van der Waals surface area contributed by atoms with Crippen molar-refractivity contribution in [1.82, 2.24) is 0 Å². The predicted molar refractivity (Wildman–Crippen MR) is 37.8 cm³/mol. The summed E-state index contributed by atoms with van der Waals surface area (Å²) >= 11 is 3.33. The number of hydrogen-bond acceptors (Lipinski definition) is 2. The van der Waals surface area contributed by atoms with Crippen LogP contribution in [-0.4, -0.2) is 16.3 Å². The summed E-state index contributed by atoms with van der Waals surface area (Å²) in [5, 5.41) is 6.51. The van der Waals surface area contributed by atoms with Gasteiger partial charge in [-0.25, -0.2) is 18.0 Å². The van der Waals surface area contributed by atoms with Crippen LogP contribution >= 0.6 is 12.6 Å². The van der Waals surface area contributed by atoms with Gasteiger partial charge in [0, 0.05) is 0 Å².